The van der Waals surface area contributed by atoms with E-state index in [0.717, 1.165) is 4.68 Å². The van der Waals surface area contributed by atoms with Crippen LogP contribution in [0.25, 0.3) is 11.2 Å². The van der Waals surface area contributed by atoms with Crippen LogP contribution in [0.1, 0.15) is 0 Å². The van der Waals surface area contributed by atoms with Crippen molar-refractivity contribution in [3.05, 3.63) is 12.5 Å². The zero-order valence-corrected chi connectivity index (χ0v) is 8.17. The molecule has 0 aliphatic rings. The molecule has 0 aliphatic carbocycles. The number of nitrogens with zero attached hydrogens (tertiary/aromatic N) is 4. The molecule has 0 aliphatic heterocycles. The van der Waals surface area contributed by atoms with E-state index < -0.39 is 7.75 Å². The normalized spacial score (nSPS) is 11.9. The number of rotatable bonds is 2. The van der Waals surface area contributed by atoms with Crippen LogP contribution < -0.4 is 10.9 Å². The second-order valence-corrected chi connectivity index (χ2v) is 3.98. The van der Waals surface area contributed by atoms with Crippen LogP contribution in [-0.4, -0.2) is 29.4 Å². The molecule has 0 unspecified atom stereocenters. The molecule has 2 heterocycles. The largest absolute Gasteiger partial charge is 0.441 e. The van der Waals surface area contributed by atoms with E-state index in [1.807, 2.05) is 5.20 Å². The Kier molecular flexibility index (Phi) is 2.07. The molecule has 2 rings (SSSR count). The average Bonchev–Trinajstić information content (AvgIpc) is 2.46. The van der Waals surface area contributed by atoms with Crippen LogP contribution in [0.2, 0.25) is 0 Å². The predicted molar refractivity (Wildman–Crippen MR) is 51.1 cm³/mol. The lowest BCUT2D eigenvalue weighted by molar-refractivity contribution is 0.374. The Morgan fingerprint density at radius 3 is 2.87 bits per heavy atom. The fourth-order valence-corrected chi connectivity index (χ4v) is 1.46. The number of nitrogens with one attached hydrogen (secondary N) is 1. The molecule has 2 aromatic rings. The molecule has 15 heavy (non-hydrogen) atoms. The van der Waals surface area contributed by atoms with Crippen LogP contribution in [0.5, 0.6) is 0 Å². The highest BCUT2D eigenvalue weighted by molar-refractivity contribution is 7.52. The number of anilines is 1. The molecular weight excluding hydrogens is 223 g/mol. The Morgan fingerprint density at radius 2 is 2.20 bits per heavy atom. The summed E-state index contributed by atoms with van der Waals surface area (Å²) in [5.41, 5.74) is 5.91. The van der Waals surface area contributed by atoms with Crippen molar-refractivity contribution in [1.29, 1.82) is 0 Å². The summed E-state index contributed by atoms with van der Waals surface area (Å²) in [5.74, 6) is -0.00300. The number of nitrogens with two attached hydrogens (primary N) is 1. The summed E-state index contributed by atoms with van der Waals surface area (Å²) >= 11 is 0. The van der Waals surface area contributed by atoms with Gasteiger partial charge in [-0.15, -0.1) is 0 Å². The summed E-state index contributed by atoms with van der Waals surface area (Å²) < 4.78 is 11.7. The molecule has 0 amide bonds. The molecule has 0 atom stereocenters. The van der Waals surface area contributed by atoms with Crippen LogP contribution in [-0.2, 0) is 4.57 Å². The number of hydrogen-bond donors (Lipinski definition) is 4. The van der Waals surface area contributed by atoms with E-state index in [1.54, 1.807) is 0 Å². The predicted octanol–water partition coefficient (Wildman–Crippen LogP) is -0.955. The molecule has 0 saturated heterocycles. The molecule has 0 saturated carbocycles. The summed E-state index contributed by atoms with van der Waals surface area (Å²) in [6.45, 7) is 0. The van der Waals surface area contributed by atoms with Gasteiger partial charge in [-0.05, 0) is 0 Å². The van der Waals surface area contributed by atoms with Gasteiger partial charge in [-0.3, -0.25) is 0 Å². The first-order valence-corrected chi connectivity index (χ1v) is 5.36. The quantitative estimate of drug-likeness (QED) is 0.484. The van der Waals surface area contributed by atoms with Crippen molar-refractivity contribution in [2.75, 3.05) is 10.9 Å². The number of aromatic nitrogens is 4. The second kappa shape index (κ2) is 3.16. The van der Waals surface area contributed by atoms with Gasteiger partial charge in [0.25, 0.3) is 0 Å². The number of fused-ring (bicyclic) bond motifs is 1. The first kappa shape index (κ1) is 9.84. The molecule has 5 N–H and O–H groups in total. The van der Waals surface area contributed by atoms with Gasteiger partial charge >= 0.3 is 7.75 Å². The standard InChI is InChI=1S/C5H7N6O3P/c6-5-7-1-3-4(9-5)11(2-8-3)10-15(12,13)14/h1-2H,(H2,6,7,9)(H3,10,12,13,14). The number of nitrogen functional groups attached to an aromatic ring is 1. The monoisotopic (exact) mass is 230 g/mol. The van der Waals surface area contributed by atoms with Crippen molar-refractivity contribution in [3.8, 4) is 0 Å². The Hall–Kier alpha value is -1.70. The van der Waals surface area contributed by atoms with Gasteiger partial charge in [0.15, 0.2) is 5.65 Å². The van der Waals surface area contributed by atoms with Crippen molar-refractivity contribution in [3.63, 3.8) is 0 Å². The van der Waals surface area contributed by atoms with Crippen molar-refractivity contribution < 1.29 is 14.4 Å². The Balaban J connectivity index is 2.53. The molecular formula is C5H7N6O3P. The summed E-state index contributed by atoms with van der Waals surface area (Å²) in [6, 6.07) is 0. The van der Waals surface area contributed by atoms with Gasteiger partial charge in [0.05, 0.1) is 6.20 Å². The van der Waals surface area contributed by atoms with Crippen LogP contribution in [0, 0.1) is 0 Å². The van der Waals surface area contributed by atoms with E-state index in [0.29, 0.717) is 5.52 Å². The molecule has 0 aromatic carbocycles. The highest BCUT2D eigenvalue weighted by Gasteiger charge is 2.15. The van der Waals surface area contributed by atoms with Gasteiger partial charge in [-0.25, -0.2) is 24.4 Å². The second-order valence-electron chi connectivity index (χ2n) is 2.70. The third kappa shape index (κ3) is 2.04. The minimum absolute atomic E-state index is 0.00300. The first-order chi connectivity index (χ1) is 6.96. The molecule has 0 bridgehead atoms. The van der Waals surface area contributed by atoms with Gasteiger partial charge in [0.1, 0.15) is 11.8 Å². The number of imidazole rings is 1. The van der Waals surface area contributed by atoms with Gasteiger partial charge in [-0.1, -0.05) is 0 Å². The lowest BCUT2D eigenvalue weighted by Gasteiger charge is -2.07. The van der Waals surface area contributed by atoms with E-state index in [9.17, 15) is 4.57 Å². The Bertz CT molecular complexity index is 547. The van der Waals surface area contributed by atoms with Crippen LogP contribution in [0.4, 0.5) is 5.95 Å². The third-order valence-corrected chi connectivity index (χ3v) is 2.02. The number of hydrogen-bond acceptors (Lipinski definition) is 5. The van der Waals surface area contributed by atoms with E-state index in [1.165, 1.54) is 12.5 Å². The molecule has 80 valence electrons. The average molecular weight is 230 g/mol. The smallest absolute Gasteiger partial charge is 0.368 e. The van der Waals surface area contributed by atoms with Crippen molar-refractivity contribution in [2.24, 2.45) is 0 Å². The maximum absolute atomic E-state index is 10.7. The van der Waals surface area contributed by atoms with Crippen LogP contribution in [0.15, 0.2) is 12.5 Å². The lowest BCUT2D eigenvalue weighted by atomic mass is 10.6. The zero-order chi connectivity index (χ0) is 11.1. The van der Waals surface area contributed by atoms with Crippen molar-refractivity contribution >= 4 is 24.9 Å². The molecule has 10 heteroatoms. The highest BCUT2D eigenvalue weighted by atomic mass is 31.2. The van der Waals surface area contributed by atoms with Crippen molar-refractivity contribution in [2.45, 2.75) is 0 Å². The van der Waals surface area contributed by atoms with E-state index >= 15 is 0 Å². The van der Waals surface area contributed by atoms with Crippen LogP contribution >= 0.6 is 7.75 Å². The fourth-order valence-electron chi connectivity index (χ4n) is 1.04. The molecule has 0 fully saturated rings. The van der Waals surface area contributed by atoms with Crippen molar-refractivity contribution in [1.82, 2.24) is 19.6 Å². The lowest BCUT2D eigenvalue weighted by Crippen LogP contribution is -2.11. The molecule has 0 spiro atoms. The summed E-state index contributed by atoms with van der Waals surface area (Å²) in [4.78, 5) is 28.7. The van der Waals surface area contributed by atoms with Crippen LogP contribution in [0.3, 0.4) is 0 Å². The maximum Gasteiger partial charge on any atom is 0.441 e. The SMILES string of the molecule is Nc1ncc2ncn(NP(=O)(O)O)c2n1. The van der Waals surface area contributed by atoms with Gasteiger partial charge < -0.3 is 15.5 Å². The third-order valence-electron chi connectivity index (χ3n) is 1.55. The van der Waals surface area contributed by atoms with E-state index in [2.05, 4.69) is 15.0 Å². The Morgan fingerprint density at radius 1 is 1.47 bits per heavy atom. The highest BCUT2D eigenvalue weighted by Crippen LogP contribution is 2.30. The molecule has 9 nitrogen and oxygen atoms in total. The molecule has 2 aromatic heterocycles. The van der Waals surface area contributed by atoms with Gasteiger partial charge in [0, 0.05) is 0 Å². The topological polar surface area (TPSA) is 139 Å². The minimum Gasteiger partial charge on any atom is -0.368 e. The molecule has 0 radical (unpaired) electrons. The Labute approximate surface area is 83.2 Å². The maximum atomic E-state index is 10.7. The van der Waals surface area contributed by atoms with E-state index in [-0.39, 0.29) is 11.6 Å². The summed E-state index contributed by atoms with van der Waals surface area (Å²) in [7, 11) is -4.40. The summed E-state index contributed by atoms with van der Waals surface area (Å²) in [5, 5.41) is 1.91. The zero-order valence-electron chi connectivity index (χ0n) is 7.27. The fraction of sp³-hybridized carbons (Fsp3) is 0. The minimum atomic E-state index is -4.40. The van der Waals surface area contributed by atoms with Gasteiger partial charge in [0.2, 0.25) is 5.95 Å². The van der Waals surface area contributed by atoms with E-state index in [4.69, 9.17) is 15.5 Å². The summed E-state index contributed by atoms with van der Waals surface area (Å²) in [6.07, 6.45) is 2.54. The van der Waals surface area contributed by atoms with Gasteiger partial charge in [-0.2, -0.15) is 4.98 Å². The first-order valence-electron chi connectivity index (χ1n) is 3.75.